The van der Waals surface area contributed by atoms with Crippen molar-refractivity contribution in [2.45, 2.75) is 6.54 Å². The fourth-order valence-electron chi connectivity index (χ4n) is 1.14. The van der Waals surface area contributed by atoms with Gasteiger partial charge >= 0.3 is 0 Å². The van der Waals surface area contributed by atoms with Gasteiger partial charge in [0.25, 0.3) is 0 Å². The lowest BCUT2D eigenvalue weighted by molar-refractivity contribution is -0.120. The molecule has 5 heteroatoms. The first-order chi connectivity index (χ1) is 6.72. The minimum absolute atomic E-state index is 0.0887. The van der Waals surface area contributed by atoms with Gasteiger partial charge in [-0.3, -0.25) is 10.6 Å². The quantitative estimate of drug-likeness (QED) is 0.429. The third-order valence-corrected chi connectivity index (χ3v) is 1.75. The second-order valence-corrected chi connectivity index (χ2v) is 2.94. The van der Waals surface area contributed by atoms with Gasteiger partial charge < -0.3 is 5.73 Å². The molecule has 0 aliphatic heterocycles. The maximum atomic E-state index is 10.6. The van der Waals surface area contributed by atoms with E-state index in [0.29, 0.717) is 6.54 Å². The monoisotopic (exact) mass is 194 g/mol. The summed E-state index contributed by atoms with van der Waals surface area (Å²) in [7, 11) is 0. The molecule has 1 rings (SSSR count). The normalized spacial score (nSPS) is 10.4. The van der Waals surface area contributed by atoms with Gasteiger partial charge in [0.15, 0.2) is 0 Å². The van der Waals surface area contributed by atoms with E-state index in [1.807, 2.05) is 30.3 Å². The maximum absolute atomic E-state index is 10.6. The molecule has 0 heterocycles. The Hall–Kier alpha value is -1.43. The fourth-order valence-corrected chi connectivity index (χ4v) is 1.14. The molecule has 76 valence electrons. The molecule has 1 aromatic carbocycles. The van der Waals surface area contributed by atoms with Crippen LogP contribution in [0.3, 0.4) is 0 Å². The summed E-state index contributed by atoms with van der Waals surface area (Å²) in [6, 6.07) is 9.68. The van der Waals surface area contributed by atoms with E-state index in [1.165, 1.54) is 5.01 Å². The minimum atomic E-state index is -0.418. The summed E-state index contributed by atoms with van der Waals surface area (Å²) in [6.45, 7) is 0.631. The number of hydrogen-bond acceptors (Lipinski definition) is 4. The first-order valence-corrected chi connectivity index (χ1v) is 4.26. The van der Waals surface area contributed by atoms with Gasteiger partial charge in [-0.25, -0.2) is 5.01 Å². The van der Waals surface area contributed by atoms with Gasteiger partial charge in [-0.05, 0) is 5.56 Å². The van der Waals surface area contributed by atoms with Crippen LogP contribution in [-0.4, -0.2) is 17.5 Å². The lowest BCUT2D eigenvalue weighted by Crippen LogP contribution is -2.46. The van der Waals surface area contributed by atoms with Crippen molar-refractivity contribution in [3.8, 4) is 0 Å². The van der Waals surface area contributed by atoms with Gasteiger partial charge in [-0.1, -0.05) is 30.3 Å². The van der Waals surface area contributed by atoms with Gasteiger partial charge in [0.05, 0.1) is 6.54 Å². The largest absolute Gasteiger partial charge is 0.369 e. The van der Waals surface area contributed by atoms with Crippen molar-refractivity contribution >= 4 is 5.91 Å². The summed E-state index contributed by atoms with van der Waals surface area (Å²) < 4.78 is 0. The average molecular weight is 194 g/mol. The van der Waals surface area contributed by atoms with E-state index in [9.17, 15) is 4.79 Å². The van der Waals surface area contributed by atoms with Gasteiger partial charge in [0, 0.05) is 6.54 Å². The predicted octanol–water partition coefficient (Wildman–Crippen LogP) is -0.648. The Kier molecular flexibility index (Phi) is 4.06. The number of benzene rings is 1. The van der Waals surface area contributed by atoms with Crippen LogP contribution in [0.15, 0.2) is 30.3 Å². The molecule has 1 amide bonds. The van der Waals surface area contributed by atoms with Gasteiger partial charge in [0.1, 0.15) is 0 Å². The van der Waals surface area contributed by atoms with Crippen LogP contribution in [0.5, 0.6) is 0 Å². The fraction of sp³-hybridized carbons (Fsp3) is 0.222. The molecule has 0 bridgehead atoms. The van der Waals surface area contributed by atoms with E-state index in [1.54, 1.807) is 0 Å². The number of carbonyl (C=O) groups is 1. The highest BCUT2D eigenvalue weighted by Gasteiger charge is 2.06. The molecule has 5 nitrogen and oxygen atoms in total. The molecular weight excluding hydrogens is 180 g/mol. The smallest absolute Gasteiger partial charge is 0.233 e. The molecule has 0 aliphatic rings. The van der Waals surface area contributed by atoms with Crippen LogP contribution >= 0.6 is 0 Å². The van der Waals surface area contributed by atoms with Crippen molar-refractivity contribution in [3.63, 3.8) is 0 Å². The molecule has 14 heavy (non-hydrogen) atoms. The number of carbonyl (C=O) groups excluding carboxylic acids is 1. The van der Waals surface area contributed by atoms with Gasteiger partial charge in [-0.15, -0.1) is 0 Å². The van der Waals surface area contributed by atoms with Crippen molar-refractivity contribution < 1.29 is 4.79 Å². The summed E-state index contributed by atoms with van der Waals surface area (Å²) in [5.74, 6) is 4.82. The van der Waals surface area contributed by atoms with E-state index < -0.39 is 5.91 Å². The average Bonchev–Trinajstić information content (AvgIpc) is 2.17. The van der Waals surface area contributed by atoms with E-state index in [-0.39, 0.29) is 6.54 Å². The number of nitrogens with zero attached hydrogens (tertiary/aromatic N) is 1. The second kappa shape index (κ2) is 5.33. The molecule has 0 aliphatic carbocycles. The number of hydrazine groups is 2. The molecule has 0 radical (unpaired) electrons. The second-order valence-electron chi connectivity index (χ2n) is 2.94. The van der Waals surface area contributed by atoms with E-state index in [2.05, 4.69) is 5.53 Å². The lowest BCUT2D eigenvalue weighted by atomic mass is 10.2. The number of nitrogens with two attached hydrogens (primary N) is 2. The Morgan fingerprint density at radius 3 is 2.50 bits per heavy atom. The Morgan fingerprint density at radius 1 is 1.36 bits per heavy atom. The first kappa shape index (κ1) is 10.6. The third kappa shape index (κ3) is 3.53. The van der Waals surface area contributed by atoms with E-state index in [0.717, 1.165) is 5.56 Å². The van der Waals surface area contributed by atoms with Crippen LogP contribution in [0.4, 0.5) is 0 Å². The summed E-state index contributed by atoms with van der Waals surface area (Å²) >= 11 is 0. The summed E-state index contributed by atoms with van der Waals surface area (Å²) in [4.78, 5) is 10.6. The molecule has 0 aromatic heterocycles. The highest BCUT2D eigenvalue weighted by Crippen LogP contribution is 2.01. The zero-order valence-electron chi connectivity index (χ0n) is 7.81. The van der Waals surface area contributed by atoms with Crippen LogP contribution in [0.2, 0.25) is 0 Å². The summed E-state index contributed by atoms with van der Waals surface area (Å²) in [5, 5.41) is 1.54. The Labute approximate surface area is 82.6 Å². The number of hydrogen-bond donors (Lipinski definition) is 3. The van der Waals surface area contributed by atoms with Crippen LogP contribution in [-0.2, 0) is 11.3 Å². The topological polar surface area (TPSA) is 84.4 Å². The van der Waals surface area contributed by atoms with Crippen molar-refractivity contribution in [2.24, 2.45) is 11.6 Å². The lowest BCUT2D eigenvalue weighted by Gasteiger charge is -2.18. The van der Waals surface area contributed by atoms with Crippen LogP contribution in [0.25, 0.3) is 0 Å². The molecular formula is C9H14N4O. The molecule has 0 atom stereocenters. The van der Waals surface area contributed by atoms with Crippen molar-refractivity contribution in [1.82, 2.24) is 10.5 Å². The van der Waals surface area contributed by atoms with Crippen LogP contribution in [0, 0.1) is 0 Å². The standard InChI is InChI=1S/C9H14N4O/c10-9(14)7-13(12-11)6-8-4-2-1-3-5-8/h1-5,12H,6-7,11H2,(H2,10,14). The summed E-state index contributed by atoms with van der Waals surface area (Å²) in [5.41, 5.74) is 8.52. The molecule has 0 saturated carbocycles. The maximum Gasteiger partial charge on any atom is 0.233 e. The Balaban J connectivity index is 2.53. The van der Waals surface area contributed by atoms with Crippen molar-refractivity contribution in [1.29, 1.82) is 0 Å². The molecule has 1 aromatic rings. The highest BCUT2D eigenvalue weighted by atomic mass is 16.1. The van der Waals surface area contributed by atoms with Crippen LogP contribution < -0.4 is 17.1 Å². The third-order valence-electron chi connectivity index (χ3n) is 1.75. The summed E-state index contributed by atoms with van der Waals surface area (Å²) in [6.07, 6.45) is 0. The number of rotatable bonds is 5. The Bertz CT molecular complexity index is 288. The van der Waals surface area contributed by atoms with Crippen molar-refractivity contribution in [3.05, 3.63) is 35.9 Å². The highest BCUT2D eigenvalue weighted by molar-refractivity contribution is 5.75. The first-order valence-electron chi connectivity index (χ1n) is 4.26. The van der Waals surface area contributed by atoms with Crippen molar-refractivity contribution in [2.75, 3.05) is 6.54 Å². The molecule has 0 spiro atoms. The van der Waals surface area contributed by atoms with Crippen LogP contribution in [0.1, 0.15) is 5.56 Å². The zero-order valence-corrected chi connectivity index (χ0v) is 7.81. The Morgan fingerprint density at radius 2 is 2.00 bits per heavy atom. The number of nitrogens with one attached hydrogen (secondary N) is 1. The minimum Gasteiger partial charge on any atom is -0.369 e. The number of amides is 1. The molecule has 5 N–H and O–H groups in total. The predicted molar refractivity (Wildman–Crippen MR) is 53.4 cm³/mol. The van der Waals surface area contributed by atoms with Gasteiger partial charge in [0.2, 0.25) is 5.91 Å². The number of primary amides is 1. The zero-order chi connectivity index (χ0) is 10.4. The molecule has 0 unspecified atom stereocenters. The molecule has 0 fully saturated rings. The molecule has 0 saturated heterocycles. The van der Waals surface area contributed by atoms with E-state index >= 15 is 0 Å². The SMILES string of the molecule is NNN(CC(N)=O)Cc1ccccc1. The van der Waals surface area contributed by atoms with E-state index in [4.69, 9.17) is 11.6 Å². The van der Waals surface area contributed by atoms with Gasteiger partial charge in [-0.2, -0.15) is 5.53 Å².